The van der Waals surface area contributed by atoms with Crippen molar-refractivity contribution in [3.05, 3.63) is 0 Å². The molecule has 0 aromatic heterocycles. The lowest BCUT2D eigenvalue weighted by Crippen LogP contribution is -2.37. The van der Waals surface area contributed by atoms with Gasteiger partial charge in [-0.25, -0.2) is 0 Å². The average Bonchev–Trinajstić information content (AvgIpc) is 2.56. The first-order valence-corrected chi connectivity index (χ1v) is 8.64. The molecule has 1 saturated heterocycles. The molecule has 8 heteroatoms. The van der Waals surface area contributed by atoms with Gasteiger partial charge in [0, 0.05) is 25.9 Å². The van der Waals surface area contributed by atoms with E-state index in [4.69, 9.17) is 0 Å². The van der Waals surface area contributed by atoms with Crippen LogP contribution in [0.15, 0.2) is 0 Å². The quantitative estimate of drug-likeness (QED) is 0.479. The van der Waals surface area contributed by atoms with Gasteiger partial charge < -0.3 is 21.3 Å². The molecule has 1 aliphatic rings. The van der Waals surface area contributed by atoms with E-state index in [2.05, 4.69) is 21.3 Å². The van der Waals surface area contributed by atoms with Crippen molar-refractivity contribution in [2.75, 3.05) is 26.2 Å². The smallest absolute Gasteiger partial charge is 0.239 e. The molecule has 0 aromatic carbocycles. The van der Waals surface area contributed by atoms with Gasteiger partial charge in [-0.3, -0.25) is 19.2 Å². The summed E-state index contributed by atoms with van der Waals surface area (Å²) in [6, 6.07) is 0. The standard InChI is InChI=1S/C16H28N4O4/c21-13-7-3-4-8-14(22)20-12-16(24)18-10-6-2-1-5-9-17-15(23)11-19-13/h1-12H2,(H,17,23)(H,18,24)(H,19,21)(H,20,22). The molecule has 0 spiro atoms. The Kier molecular flexibility index (Phi) is 10.2. The van der Waals surface area contributed by atoms with Crippen molar-refractivity contribution in [3.8, 4) is 0 Å². The molecule has 0 unspecified atom stereocenters. The molecule has 0 aromatic rings. The molecule has 24 heavy (non-hydrogen) atoms. The zero-order chi connectivity index (χ0) is 17.6. The van der Waals surface area contributed by atoms with Crippen LogP contribution in [0.1, 0.15) is 51.4 Å². The molecular formula is C16H28N4O4. The fraction of sp³-hybridized carbons (Fsp3) is 0.750. The minimum atomic E-state index is -0.195. The molecular weight excluding hydrogens is 312 g/mol. The van der Waals surface area contributed by atoms with Crippen LogP contribution in [0.2, 0.25) is 0 Å². The Labute approximate surface area is 142 Å². The summed E-state index contributed by atoms with van der Waals surface area (Å²) in [6.07, 6.45) is 5.33. The Hall–Kier alpha value is -2.12. The van der Waals surface area contributed by atoms with Crippen molar-refractivity contribution < 1.29 is 19.2 Å². The molecule has 0 atom stereocenters. The van der Waals surface area contributed by atoms with Gasteiger partial charge in [0.05, 0.1) is 13.1 Å². The van der Waals surface area contributed by atoms with Gasteiger partial charge in [0.15, 0.2) is 0 Å². The van der Waals surface area contributed by atoms with Crippen molar-refractivity contribution in [3.63, 3.8) is 0 Å². The van der Waals surface area contributed by atoms with Crippen molar-refractivity contribution in [1.82, 2.24) is 21.3 Å². The van der Waals surface area contributed by atoms with Crippen LogP contribution in [0.25, 0.3) is 0 Å². The van der Waals surface area contributed by atoms with Crippen LogP contribution in [-0.4, -0.2) is 49.8 Å². The number of amides is 4. The third kappa shape index (κ3) is 10.6. The van der Waals surface area contributed by atoms with E-state index in [0.29, 0.717) is 25.9 Å². The van der Waals surface area contributed by atoms with E-state index in [1.807, 2.05) is 0 Å². The summed E-state index contributed by atoms with van der Waals surface area (Å²) < 4.78 is 0. The van der Waals surface area contributed by atoms with Gasteiger partial charge in [-0.15, -0.1) is 0 Å². The maximum Gasteiger partial charge on any atom is 0.239 e. The summed E-state index contributed by atoms with van der Waals surface area (Å²) in [5.41, 5.74) is 0. The Morgan fingerprint density at radius 3 is 1.29 bits per heavy atom. The molecule has 0 bridgehead atoms. The number of hydrogen-bond acceptors (Lipinski definition) is 4. The fourth-order valence-electron chi connectivity index (χ4n) is 2.29. The van der Waals surface area contributed by atoms with E-state index >= 15 is 0 Å². The first kappa shape index (κ1) is 19.9. The van der Waals surface area contributed by atoms with E-state index in [-0.39, 0.29) is 49.6 Å². The highest BCUT2D eigenvalue weighted by Gasteiger charge is 2.08. The number of carbonyl (C=O) groups is 4. The molecule has 0 radical (unpaired) electrons. The monoisotopic (exact) mass is 340 g/mol. The van der Waals surface area contributed by atoms with Crippen LogP contribution in [-0.2, 0) is 19.2 Å². The Bertz CT molecular complexity index is 400. The highest BCUT2D eigenvalue weighted by molar-refractivity contribution is 5.85. The zero-order valence-corrected chi connectivity index (χ0v) is 14.1. The number of rotatable bonds is 0. The van der Waals surface area contributed by atoms with E-state index < -0.39 is 0 Å². The average molecular weight is 340 g/mol. The lowest BCUT2D eigenvalue weighted by molar-refractivity contribution is -0.126. The second-order valence-electron chi connectivity index (χ2n) is 5.87. The Balaban J connectivity index is 2.35. The van der Waals surface area contributed by atoms with Gasteiger partial charge in [0.25, 0.3) is 0 Å². The number of nitrogens with one attached hydrogen (secondary N) is 4. The SMILES string of the molecule is O=C1CCCCC(=O)NCC(=O)NCCCCCCNC(=O)CN1. The highest BCUT2D eigenvalue weighted by Crippen LogP contribution is 2.00. The van der Waals surface area contributed by atoms with Gasteiger partial charge in [-0.1, -0.05) is 12.8 Å². The molecule has 0 aliphatic carbocycles. The van der Waals surface area contributed by atoms with Crippen LogP contribution in [0.4, 0.5) is 0 Å². The van der Waals surface area contributed by atoms with Gasteiger partial charge in [-0.2, -0.15) is 0 Å². The highest BCUT2D eigenvalue weighted by atomic mass is 16.2. The molecule has 4 amide bonds. The summed E-state index contributed by atoms with van der Waals surface area (Å²) in [7, 11) is 0. The van der Waals surface area contributed by atoms with Gasteiger partial charge in [0.2, 0.25) is 23.6 Å². The van der Waals surface area contributed by atoms with Crippen LogP contribution in [0.5, 0.6) is 0 Å². The summed E-state index contributed by atoms with van der Waals surface area (Å²) in [5, 5.41) is 10.7. The predicted molar refractivity (Wildman–Crippen MR) is 89.0 cm³/mol. The van der Waals surface area contributed by atoms with Crippen LogP contribution < -0.4 is 21.3 Å². The van der Waals surface area contributed by atoms with Crippen molar-refractivity contribution in [2.24, 2.45) is 0 Å². The van der Waals surface area contributed by atoms with Crippen molar-refractivity contribution in [2.45, 2.75) is 51.4 Å². The molecule has 1 fully saturated rings. The van der Waals surface area contributed by atoms with E-state index in [1.54, 1.807) is 0 Å². The first-order chi connectivity index (χ1) is 11.6. The minimum absolute atomic E-state index is 0.00858. The van der Waals surface area contributed by atoms with Gasteiger partial charge in [-0.05, 0) is 25.7 Å². The van der Waals surface area contributed by atoms with E-state index in [1.165, 1.54) is 0 Å². The summed E-state index contributed by atoms with van der Waals surface area (Å²) in [4.78, 5) is 46.3. The minimum Gasteiger partial charge on any atom is -0.355 e. The molecule has 1 aliphatic heterocycles. The Morgan fingerprint density at radius 1 is 0.458 bits per heavy atom. The summed E-state index contributed by atoms with van der Waals surface area (Å²) in [5.74, 6) is -0.771. The normalized spacial score (nSPS) is 21.0. The van der Waals surface area contributed by atoms with Gasteiger partial charge >= 0.3 is 0 Å². The van der Waals surface area contributed by atoms with Gasteiger partial charge in [0.1, 0.15) is 0 Å². The second kappa shape index (κ2) is 12.3. The Morgan fingerprint density at radius 2 is 0.875 bits per heavy atom. The summed E-state index contributed by atoms with van der Waals surface area (Å²) >= 11 is 0. The van der Waals surface area contributed by atoms with Crippen molar-refractivity contribution >= 4 is 23.6 Å². The zero-order valence-electron chi connectivity index (χ0n) is 14.1. The number of carbonyl (C=O) groups excluding carboxylic acids is 4. The van der Waals surface area contributed by atoms with Crippen LogP contribution in [0, 0.1) is 0 Å². The lowest BCUT2D eigenvalue weighted by Gasteiger charge is -2.09. The molecule has 1 rings (SSSR count). The first-order valence-electron chi connectivity index (χ1n) is 8.64. The predicted octanol–water partition coefficient (Wildman–Crippen LogP) is -0.414. The maximum atomic E-state index is 11.6. The van der Waals surface area contributed by atoms with Crippen LogP contribution >= 0.6 is 0 Å². The van der Waals surface area contributed by atoms with Crippen LogP contribution in [0.3, 0.4) is 0 Å². The molecule has 1 heterocycles. The third-order valence-electron chi connectivity index (χ3n) is 3.70. The molecule has 8 nitrogen and oxygen atoms in total. The summed E-state index contributed by atoms with van der Waals surface area (Å²) in [6.45, 7) is 1.16. The lowest BCUT2D eigenvalue weighted by atomic mass is 10.1. The van der Waals surface area contributed by atoms with E-state index in [9.17, 15) is 19.2 Å². The third-order valence-corrected chi connectivity index (χ3v) is 3.70. The molecule has 4 N–H and O–H groups in total. The molecule has 0 saturated carbocycles. The number of hydrogen-bond donors (Lipinski definition) is 4. The van der Waals surface area contributed by atoms with Crippen molar-refractivity contribution in [1.29, 1.82) is 0 Å². The topological polar surface area (TPSA) is 116 Å². The second-order valence-corrected chi connectivity index (χ2v) is 5.87. The van der Waals surface area contributed by atoms with E-state index in [0.717, 1.165) is 25.7 Å². The molecule has 136 valence electrons. The largest absolute Gasteiger partial charge is 0.355 e. The fourth-order valence-corrected chi connectivity index (χ4v) is 2.29. The maximum absolute atomic E-state index is 11.6.